The van der Waals surface area contributed by atoms with E-state index in [1.165, 1.54) is 5.56 Å². The molecule has 1 aliphatic carbocycles. The van der Waals surface area contributed by atoms with Gasteiger partial charge in [0, 0.05) is 38.8 Å². The molecule has 2 fully saturated rings. The van der Waals surface area contributed by atoms with Crippen molar-refractivity contribution in [3.8, 4) is 0 Å². The summed E-state index contributed by atoms with van der Waals surface area (Å²) >= 11 is 0. The molecule has 0 unspecified atom stereocenters. The first-order valence-electron chi connectivity index (χ1n) is 8.28. The third-order valence-electron chi connectivity index (χ3n) is 4.79. The van der Waals surface area contributed by atoms with Gasteiger partial charge in [-0.05, 0) is 24.8 Å². The van der Waals surface area contributed by atoms with Crippen LogP contribution in [0, 0.1) is 5.92 Å². The summed E-state index contributed by atoms with van der Waals surface area (Å²) in [6.07, 6.45) is 5.91. The van der Waals surface area contributed by atoms with Crippen molar-refractivity contribution in [2.75, 3.05) is 40.5 Å². The van der Waals surface area contributed by atoms with Gasteiger partial charge in [-0.15, -0.1) is 0 Å². The SMILES string of the molecule is CN(C)C(=O)COC[C@@H]1C[C@@H]2OCCN(Cc3ccoc3)[C@@H]2C1. The summed E-state index contributed by atoms with van der Waals surface area (Å²) in [5.41, 5.74) is 1.21. The van der Waals surface area contributed by atoms with Gasteiger partial charge in [0.2, 0.25) is 5.91 Å². The first-order valence-corrected chi connectivity index (χ1v) is 8.28. The summed E-state index contributed by atoms with van der Waals surface area (Å²) in [6, 6.07) is 2.46. The Morgan fingerprint density at radius 1 is 1.43 bits per heavy atom. The predicted molar refractivity (Wildman–Crippen MR) is 84.9 cm³/mol. The number of carbonyl (C=O) groups is 1. The Labute approximate surface area is 137 Å². The van der Waals surface area contributed by atoms with Gasteiger partial charge in [-0.1, -0.05) is 0 Å². The van der Waals surface area contributed by atoms with Crippen LogP contribution < -0.4 is 0 Å². The van der Waals surface area contributed by atoms with Gasteiger partial charge in [0.25, 0.3) is 0 Å². The molecule has 1 aromatic rings. The van der Waals surface area contributed by atoms with Gasteiger partial charge in [0.05, 0.1) is 31.8 Å². The molecule has 0 aromatic carbocycles. The van der Waals surface area contributed by atoms with Gasteiger partial charge < -0.3 is 18.8 Å². The van der Waals surface area contributed by atoms with Crippen LogP contribution in [0.3, 0.4) is 0 Å². The standard InChI is InChI=1S/C17H26N2O4/c1-18(2)17(20)12-22-11-14-7-15-16(8-14)23-6-4-19(15)9-13-3-5-21-10-13/h3,5,10,14-16H,4,6-9,11-12H2,1-2H3/t14-,15+,16-/m0/s1. The lowest BCUT2D eigenvalue weighted by atomic mass is 10.1. The van der Waals surface area contributed by atoms with Crippen LogP contribution in [0.25, 0.3) is 0 Å². The molecule has 1 saturated carbocycles. The minimum Gasteiger partial charge on any atom is -0.472 e. The molecule has 1 aromatic heterocycles. The predicted octanol–water partition coefficient (Wildman–Crippen LogP) is 1.36. The van der Waals surface area contributed by atoms with Gasteiger partial charge >= 0.3 is 0 Å². The highest BCUT2D eigenvalue weighted by atomic mass is 16.5. The number of hydrogen-bond acceptors (Lipinski definition) is 5. The van der Waals surface area contributed by atoms with Crippen molar-refractivity contribution in [2.24, 2.45) is 5.92 Å². The van der Waals surface area contributed by atoms with E-state index in [-0.39, 0.29) is 18.6 Å². The van der Waals surface area contributed by atoms with E-state index >= 15 is 0 Å². The minimum atomic E-state index is 0.0123. The van der Waals surface area contributed by atoms with Crippen molar-refractivity contribution in [3.05, 3.63) is 24.2 Å². The Hall–Kier alpha value is -1.37. The van der Waals surface area contributed by atoms with Gasteiger partial charge in [-0.3, -0.25) is 9.69 Å². The van der Waals surface area contributed by atoms with Crippen molar-refractivity contribution < 1.29 is 18.7 Å². The minimum absolute atomic E-state index is 0.0123. The van der Waals surface area contributed by atoms with E-state index in [9.17, 15) is 4.79 Å². The molecule has 1 amide bonds. The number of carbonyl (C=O) groups excluding carboxylic acids is 1. The lowest BCUT2D eigenvalue weighted by Gasteiger charge is -2.37. The summed E-state index contributed by atoms with van der Waals surface area (Å²) in [4.78, 5) is 15.6. The van der Waals surface area contributed by atoms with Crippen molar-refractivity contribution in [3.63, 3.8) is 0 Å². The zero-order chi connectivity index (χ0) is 16.2. The van der Waals surface area contributed by atoms with E-state index in [0.717, 1.165) is 32.5 Å². The summed E-state index contributed by atoms with van der Waals surface area (Å²) in [6.45, 7) is 3.45. The van der Waals surface area contributed by atoms with Crippen LogP contribution >= 0.6 is 0 Å². The summed E-state index contributed by atoms with van der Waals surface area (Å²) < 4.78 is 16.7. The molecule has 3 atom stereocenters. The smallest absolute Gasteiger partial charge is 0.248 e. The van der Waals surface area contributed by atoms with Crippen molar-refractivity contribution in [2.45, 2.75) is 31.5 Å². The highest BCUT2D eigenvalue weighted by molar-refractivity contribution is 5.76. The topological polar surface area (TPSA) is 55.2 Å². The molecule has 3 rings (SSSR count). The zero-order valence-electron chi connectivity index (χ0n) is 13.9. The third-order valence-corrected chi connectivity index (χ3v) is 4.79. The third kappa shape index (κ3) is 4.13. The van der Waals surface area contributed by atoms with E-state index in [2.05, 4.69) is 4.90 Å². The highest BCUT2D eigenvalue weighted by Crippen LogP contribution is 2.35. The maximum Gasteiger partial charge on any atom is 0.248 e. The van der Waals surface area contributed by atoms with Gasteiger partial charge in [-0.25, -0.2) is 0 Å². The van der Waals surface area contributed by atoms with E-state index in [0.29, 0.717) is 18.6 Å². The van der Waals surface area contributed by atoms with Gasteiger partial charge in [0.15, 0.2) is 0 Å². The summed E-state index contributed by atoms with van der Waals surface area (Å²) in [5, 5.41) is 0. The van der Waals surface area contributed by atoms with E-state index in [4.69, 9.17) is 13.9 Å². The first-order chi connectivity index (χ1) is 11.1. The molecule has 1 saturated heterocycles. The normalized spacial score (nSPS) is 27.8. The Morgan fingerprint density at radius 2 is 2.30 bits per heavy atom. The largest absolute Gasteiger partial charge is 0.472 e. The lowest BCUT2D eigenvalue weighted by Crippen LogP contribution is -2.47. The van der Waals surface area contributed by atoms with E-state index in [1.54, 1.807) is 25.3 Å². The van der Waals surface area contributed by atoms with Crippen LogP contribution in [0.15, 0.2) is 23.0 Å². The molecule has 0 radical (unpaired) electrons. The van der Waals surface area contributed by atoms with Crippen LogP contribution in [0.2, 0.25) is 0 Å². The Balaban J connectivity index is 1.49. The number of rotatable bonds is 6. The highest BCUT2D eigenvalue weighted by Gasteiger charge is 2.41. The second-order valence-corrected chi connectivity index (χ2v) is 6.72. The Bertz CT molecular complexity index is 503. The molecule has 2 heterocycles. The molecule has 1 aliphatic heterocycles. The molecular formula is C17H26N2O4. The van der Waals surface area contributed by atoms with Crippen LogP contribution in [-0.2, 0) is 20.8 Å². The average molecular weight is 322 g/mol. The monoisotopic (exact) mass is 322 g/mol. The summed E-state index contributed by atoms with van der Waals surface area (Å²) in [7, 11) is 3.49. The maximum atomic E-state index is 11.6. The quantitative estimate of drug-likeness (QED) is 0.792. The van der Waals surface area contributed by atoms with Gasteiger partial charge in [-0.2, -0.15) is 0 Å². The second-order valence-electron chi connectivity index (χ2n) is 6.72. The van der Waals surface area contributed by atoms with Gasteiger partial charge in [0.1, 0.15) is 6.61 Å². The number of nitrogens with zero attached hydrogens (tertiary/aromatic N) is 2. The molecule has 6 nitrogen and oxygen atoms in total. The number of morpholine rings is 1. The average Bonchev–Trinajstić information content (AvgIpc) is 3.16. The van der Waals surface area contributed by atoms with Crippen molar-refractivity contribution in [1.29, 1.82) is 0 Å². The van der Waals surface area contributed by atoms with Crippen molar-refractivity contribution in [1.82, 2.24) is 9.80 Å². The van der Waals surface area contributed by atoms with E-state index < -0.39 is 0 Å². The Morgan fingerprint density at radius 3 is 3.04 bits per heavy atom. The molecular weight excluding hydrogens is 296 g/mol. The fourth-order valence-electron chi connectivity index (χ4n) is 3.52. The molecule has 0 bridgehead atoms. The van der Waals surface area contributed by atoms with E-state index in [1.807, 2.05) is 12.3 Å². The molecule has 23 heavy (non-hydrogen) atoms. The lowest BCUT2D eigenvalue weighted by molar-refractivity contribution is -0.134. The fourth-order valence-corrected chi connectivity index (χ4v) is 3.52. The summed E-state index contributed by atoms with van der Waals surface area (Å²) in [5.74, 6) is 0.475. The van der Waals surface area contributed by atoms with Crippen LogP contribution in [-0.4, -0.2) is 68.3 Å². The van der Waals surface area contributed by atoms with Crippen LogP contribution in [0.4, 0.5) is 0 Å². The number of fused-ring (bicyclic) bond motifs is 1. The number of hydrogen-bond donors (Lipinski definition) is 0. The van der Waals surface area contributed by atoms with Crippen LogP contribution in [0.5, 0.6) is 0 Å². The first kappa shape index (κ1) is 16.5. The number of furan rings is 1. The van der Waals surface area contributed by atoms with Crippen LogP contribution in [0.1, 0.15) is 18.4 Å². The molecule has 0 N–H and O–H groups in total. The second kappa shape index (κ2) is 7.47. The number of ether oxygens (including phenoxy) is 2. The van der Waals surface area contributed by atoms with Crippen molar-refractivity contribution >= 4 is 5.91 Å². The number of likely N-dealkylation sites (N-methyl/N-ethyl adjacent to an activating group) is 1. The molecule has 128 valence electrons. The zero-order valence-corrected chi connectivity index (χ0v) is 13.9. The molecule has 0 spiro atoms. The maximum absolute atomic E-state index is 11.6. The Kier molecular flexibility index (Phi) is 5.35. The molecule has 2 aliphatic rings. The molecule has 6 heteroatoms. The number of amides is 1. The fraction of sp³-hybridized carbons (Fsp3) is 0.706.